The van der Waals surface area contributed by atoms with Crippen molar-refractivity contribution in [1.29, 1.82) is 0 Å². The Morgan fingerprint density at radius 1 is 1.06 bits per heavy atom. The zero-order valence-electron chi connectivity index (χ0n) is 16.0. The van der Waals surface area contributed by atoms with E-state index in [2.05, 4.69) is 21.9 Å². The zero-order valence-corrected chi connectivity index (χ0v) is 16.0. The van der Waals surface area contributed by atoms with Crippen LogP contribution < -0.4 is 0 Å². The predicted octanol–water partition coefficient (Wildman–Crippen LogP) is 4.29. The lowest BCUT2D eigenvalue weighted by atomic mass is 9.82. The molecule has 1 aromatic heterocycles. The van der Waals surface area contributed by atoms with Crippen LogP contribution in [0, 0.1) is 35.2 Å². The Bertz CT molecular complexity index is 1130. The molecule has 1 N–H and O–H groups in total. The molecule has 0 amide bonds. The van der Waals surface area contributed by atoms with Crippen molar-refractivity contribution in [3.8, 4) is 11.8 Å². The number of aliphatic hydroxyl groups is 1. The first-order valence-corrected chi connectivity index (χ1v) is 8.89. The van der Waals surface area contributed by atoms with E-state index >= 15 is 0 Å². The van der Waals surface area contributed by atoms with Gasteiger partial charge in [0, 0.05) is 11.6 Å². The summed E-state index contributed by atoms with van der Waals surface area (Å²) in [7, 11) is 0. The molecule has 1 heterocycles. The van der Waals surface area contributed by atoms with E-state index in [0.717, 1.165) is 18.2 Å². The maximum absolute atomic E-state index is 14.5. The third-order valence-corrected chi connectivity index (χ3v) is 4.70. The van der Waals surface area contributed by atoms with E-state index in [9.17, 15) is 31.4 Å². The summed E-state index contributed by atoms with van der Waals surface area (Å²) in [5, 5.41) is 15.2. The van der Waals surface area contributed by atoms with Crippen molar-refractivity contribution < 1.29 is 31.4 Å². The highest BCUT2D eigenvalue weighted by Gasteiger charge is 2.38. The second-order valence-corrected chi connectivity index (χ2v) is 6.82. The third kappa shape index (κ3) is 4.88. The van der Waals surface area contributed by atoms with Crippen LogP contribution in [-0.4, -0.2) is 19.9 Å². The topological polar surface area (TPSA) is 50.9 Å². The summed E-state index contributed by atoms with van der Waals surface area (Å²) in [6, 6.07) is 4.47. The van der Waals surface area contributed by atoms with Crippen molar-refractivity contribution in [2.24, 2.45) is 5.92 Å². The molecular weight excluding hydrogens is 424 g/mol. The molecule has 0 radical (unpaired) electrons. The Hall–Kier alpha value is -3.32. The summed E-state index contributed by atoms with van der Waals surface area (Å²) in [4.78, 5) is 3.74. The maximum Gasteiger partial charge on any atom is 0.416 e. The summed E-state index contributed by atoms with van der Waals surface area (Å²) in [6.07, 6.45) is -2.25. The second kappa shape index (κ2) is 8.43. The van der Waals surface area contributed by atoms with Crippen LogP contribution in [0.3, 0.4) is 0 Å². The number of nitrogens with zero attached hydrogens (tertiary/aromatic N) is 3. The third-order valence-electron chi connectivity index (χ3n) is 4.70. The van der Waals surface area contributed by atoms with Crippen LogP contribution in [0.5, 0.6) is 0 Å². The summed E-state index contributed by atoms with van der Waals surface area (Å²) in [5.41, 5.74) is -3.82. The predicted molar refractivity (Wildman–Crippen MR) is 97.7 cm³/mol. The molecule has 10 heteroatoms. The normalized spacial score (nSPS) is 14.5. The Morgan fingerprint density at radius 2 is 1.81 bits per heavy atom. The van der Waals surface area contributed by atoms with Crippen LogP contribution in [0.2, 0.25) is 0 Å². The van der Waals surface area contributed by atoms with Gasteiger partial charge in [-0.1, -0.05) is 17.9 Å². The number of alkyl halides is 3. The van der Waals surface area contributed by atoms with Gasteiger partial charge in [-0.3, -0.25) is 0 Å². The minimum absolute atomic E-state index is 0.279. The van der Waals surface area contributed by atoms with Crippen molar-refractivity contribution in [2.75, 3.05) is 0 Å². The Labute approximate surface area is 173 Å². The van der Waals surface area contributed by atoms with Gasteiger partial charge >= 0.3 is 6.18 Å². The van der Waals surface area contributed by atoms with Gasteiger partial charge in [0.1, 0.15) is 35.7 Å². The number of hydrogen-bond donors (Lipinski definition) is 1. The first-order chi connectivity index (χ1) is 14.5. The Kier molecular flexibility index (Phi) is 6.08. The fourth-order valence-corrected chi connectivity index (χ4v) is 2.96. The fraction of sp³-hybridized carbons (Fsp3) is 0.238. The van der Waals surface area contributed by atoms with Gasteiger partial charge < -0.3 is 5.11 Å². The molecule has 2 aromatic carbocycles. The summed E-state index contributed by atoms with van der Waals surface area (Å²) < 4.78 is 81.2. The molecule has 3 rings (SSSR count). The molecule has 31 heavy (non-hydrogen) atoms. The van der Waals surface area contributed by atoms with Crippen LogP contribution in [0.25, 0.3) is 0 Å². The first-order valence-electron chi connectivity index (χ1n) is 8.89. The number of benzene rings is 2. The Morgan fingerprint density at radius 3 is 2.39 bits per heavy atom. The van der Waals surface area contributed by atoms with E-state index in [1.54, 1.807) is 0 Å². The van der Waals surface area contributed by atoms with E-state index in [-0.39, 0.29) is 17.7 Å². The van der Waals surface area contributed by atoms with Gasteiger partial charge in [-0.15, -0.1) is 0 Å². The molecule has 3 aromatic rings. The molecule has 4 nitrogen and oxygen atoms in total. The van der Waals surface area contributed by atoms with Gasteiger partial charge in [0.15, 0.2) is 0 Å². The minimum Gasteiger partial charge on any atom is -0.382 e. The number of rotatable bonds is 4. The SMILES string of the molecule is C[C@@H](C#Cc1ccc(C(F)(F)F)cc1F)[C@](O)(Cn1cncn1)c1ccc(F)cc1F. The zero-order chi connectivity index (χ0) is 22.8. The van der Waals surface area contributed by atoms with E-state index in [0.29, 0.717) is 18.2 Å². The maximum atomic E-state index is 14.5. The highest BCUT2D eigenvalue weighted by molar-refractivity contribution is 5.40. The first kappa shape index (κ1) is 22.4. The standard InChI is InChI=1S/C21H15F6N3O/c1-13(2-3-14-4-5-15(8-18(14)23)21(25,26)27)20(31,10-30-12-28-11-29-30)17-7-6-16(22)9-19(17)24/h4-9,11-13,31H,10H2,1H3/t13-,20+/m0/s1. The highest BCUT2D eigenvalue weighted by atomic mass is 19.4. The monoisotopic (exact) mass is 439 g/mol. The quantitative estimate of drug-likeness (QED) is 0.488. The van der Waals surface area contributed by atoms with E-state index in [1.165, 1.54) is 24.3 Å². The van der Waals surface area contributed by atoms with Crippen LogP contribution in [-0.2, 0) is 18.3 Å². The minimum atomic E-state index is -4.71. The van der Waals surface area contributed by atoms with Gasteiger partial charge in [-0.25, -0.2) is 22.8 Å². The molecule has 0 aliphatic heterocycles. The summed E-state index contributed by atoms with van der Waals surface area (Å²) in [5.74, 6) is 0.785. The molecular formula is C21H15F6N3O. The van der Waals surface area contributed by atoms with E-state index in [4.69, 9.17) is 0 Å². The number of aromatic nitrogens is 3. The lowest BCUT2D eigenvalue weighted by Gasteiger charge is -2.32. The largest absolute Gasteiger partial charge is 0.416 e. The summed E-state index contributed by atoms with van der Waals surface area (Å²) in [6.45, 7) is 1.09. The Balaban J connectivity index is 1.99. The number of hydrogen-bond acceptors (Lipinski definition) is 3. The van der Waals surface area contributed by atoms with Crippen LogP contribution in [0.15, 0.2) is 49.1 Å². The second-order valence-electron chi connectivity index (χ2n) is 6.82. The van der Waals surface area contributed by atoms with Crippen molar-refractivity contribution in [3.05, 3.63) is 83.2 Å². The van der Waals surface area contributed by atoms with Gasteiger partial charge in [0.25, 0.3) is 0 Å². The summed E-state index contributed by atoms with van der Waals surface area (Å²) >= 11 is 0. The average Bonchev–Trinajstić information content (AvgIpc) is 3.18. The molecule has 0 spiro atoms. The van der Waals surface area contributed by atoms with Gasteiger partial charge in [-0.05, 0) is 31.2 Å². The fourth-order valence-electron chi connectivity index (χ4n) is 2.96. The van der Waals surface area contributed by atoms with Crippen molar-refractivity contribution in [2.45, 2.75) is 25.2 Å². The van der Waals surface area contributed by atoms with Crippen molar-refractivity contribution in [3.63, 3.8) is 0 Å². The van der Waals surface area contributed by atoms with Crippen LogP contribution in [0.4, 0.5) is 26.3 Å². The molecule has 2 atom stereocenters. The van der Waals surface area contributed by atoms with Crippen molar-refractivity contribution >= 4 is 0 Å². The van der Waals surface area contributed by atoms with E-state index < -0.39 is 40.7 Å². The van der Waals surface area contributed by atoms with Gasteiger partial charge in [0.05, 0.1) is 23.6 Å². The molecule has 0 aliphatic carbocycles. The van der Waals surface area contributed by atoms with Gasteiger partial charge in [0.2, 0.25) is 0 Å². The van der Waals surface area contributed by atoms with Crippen molar-refractivity contribution in [1.82, 2.24) is 14.8 Å². The molecule has 0 aliphatic rings. The average molecular weight is 439 g/mol. The molecule has 0 unspecified atom stereocenters. The van der Waals surface area contributed by atoms with Gasteiger partial charge in [-0.2, -0.15) is 18.3 Å². The van der Waals surface area contributed by atoms with E-state index in [1.807, 2.05) is 0 Å². The smallest absolute Gasteiger partial charge is 0.382 e. The highest BCUT2D eigenvalue weighted by Crippen LogP contribution is 2.34. The molecule has 0 bridgehead atoms. The molecule has 0 saturated heterocycles. The molecule has 0 fully saturated rings. The molecule has 0 saturated carbocycles. The lowest BCUT2D eigenvalue weighted by Crippen LogP contribution is -2.39. The number of halogens is 6. The molecule has 162 valence electrons. The van der Waals surface area contributed by atoms with Crippen LogP contribution >= 0.6 is 0 Å². The van der Waals surface area contributed by atoms with Crippen LogP contribution in [0.1, 0.15) is 23.6 Å². The lowest BCUT2D eigenvalue weighted by molar-refractivity contribution is -0.137.